The Labute approximate surface area is 126 Å². The molecule has 1 fully saturated rings. The second kappa shape index (κ2) is 6.63. The SMILES string of the molecule is COc1c(Cl)cc(C(=O)N[C@@H]2CCOC[C@H]2O)cc1Cl. The van der Waals surface area contributed by atoms with E-state index in [9.17, 15) is 9.90 Å². The molecule has 0 aromatic heterocycles. The van der Waals surface area contributed by atoms with Crippen molar-refractivity contribution in [3.05, 3.63) is 27.7 Å². The first-order chi connectivity index (χ1) is 9.52. The highest BCUT2D eigenvalue weighted by molar-refractivity contribution is 6.37. The summed E-state index contributed by atoms with van der Waals surface area (Å²) in [4.78, 5) is 12.1. The minimum atomic E-state index is -0.711. The van der Waals surface area contributed by atoms with Crippen LogP contribution < -0.4 is 10.1 Å². The lowest BCUT2D eigenvalue weighted by atomic mass is 10.1. The van der Waals surface area contributed by atoms with Crippen molar-refractivity contribution in [2.24, 2.45) is 0 Å². The molecule has 2 N–H and O–H groups in total. The number of aliphatic hydroxyl groups is 1. The summed E-state index contributed by atoms with van der Waals surface area (Å²) < 4.78 is 10.1. The highest BCUT2D eigenvalue weighted by Gasteiger charge is 2.26. The zero-order chi connectivity index (χ0) is 14.7. The van der Waals surface area contributed by atoms with Crippen molar-refractivity contribution in [1.82, 2.24) is 5.32 Å². The molecule has 1 aromatic carbocycles. The predicted molar refractivity (Wildman–Crippen MR) is 75.7 cm³/mol. The quantitative estimate of drug-likeness (QED) is 0.892. The molecule has 20 heavy (non-hydrogen) atoms. The summed E-state index contributed by atoms with van der Waals surface area (Å²) in [6, 6.07) is 2.62. The Morgan fingerprint density at radius 2 is 2.10 bits per heavy atom. The van der Waals surface area contributed by atoms with Crippen LogP contribution in [0.3, 0.4) is 0 Å². The van der Waals surface area contributed by atoms with Gasteiger partial charge in [-0.2, -0.15) is 0 Å². The average Bonchev–Trinajstić information content (AvgIpc) is 2.41. The smallest absolute Gasteiger partial charge is 0.251 e. The molecule has 1 saturated heterocycles. The fraction of sp³-hybridized carbons (Fsp3) is 0.462. The molecule has 1 aromatic rings. The van der Waals surface area contributed by atoms with Gasteiger partial charge in [-0.15, -0.1) is 0 Å². The molecule has 110 valence electrons. The molecule has 0 aliphatic carbocycles. The normalized spacial score (nSPS) is 22.4. The molecule has 1 amide bonds. The fourth-order valence-electron chi connectivity index (χ4n) is 2.03. The molecule has 0 unspecified atom stereocenters. The van der Waals surface area contributed by atoms with Gasteiger partial charge in [-0.1, -0.05) is 23.2 Å². The summed E-state index contributed by atoms with van der Waals surface area (Å²) in [6.45, 7) is 0.723. The molecule has 0 spiro atoms. The number of carbonyl (C=O) groups excluding carboxylic acids is 1. The Morgan fingerprint density at radius 1 is 1.45 bits per heavy atom. The van der Waals surface area contributed by atoms with Crippen molar-refractivity contribution >= 4 is 29.1 Å². The molecule has 2 atom stereocenters. The lowest BCUT2D eigenvalue weighted by Crippen LogP contribution is -2.48. The van der Waals surface area contributed by atoms with Gasteiger partial charge < -0.3 is 19.9 Å². The molecule has 1 heterocycles. The van der Waals surface area contributed by atoms with Crippen LogP contribution in [0.2, 0.25) is 10.0 Å². The topological polar surface area (TPSA) is 67.8 Å². The molecular weight excluding hydrogens is 305 g/mol. The zero-order valence-corrected chi connectivity index (χ0v) is 12.4. The van der Waals surface area contributed by atoms with Gasteiger partial charge in [-0.3, -0.25) is 4.79 Å². The molecule has 0 bridgehead atoms. The number of aliphatic hydroxyl groups excluding tert-OH is 1. The number of ether oxygens (including phenoxy) is 2. The van der Waals surface area contributed by atoms with Crippen LogP contribution in [0.1, 0.15) is 16.8 Å². The minimum absolute atomic E-state index is 0.217. The van der Waals surface area contributed by atoms with Gasteiger partial charge in [0.05, 0.1) is 35.9 Å². The number of hydrogen-bond donors (Lipinski definition) is 2. The summed E-state index contributed by atoms with van der Waals surface area (Å²) in [5.74, 6) is -0.0154. The van der Waals surface area contributed by atoms with Crippen LogP contribution in [0.5, 0.6) is 5.75 Å². The van der Waals surface area contributed by atoms with E-state index in [1.807, 2.05) is 0 Å². The van der Waals surface area contributed by atoms with Gasteiger partial charge in [0.15, 0.2) is 5.75 Å². The van der Waals surface area contributed by atoms with Gasteiger partial charge in [0.2, 0.25) is 0 Å². The molecule has 2 rings (SSSR count). The highest BCUT2D eigenvalue weighted by atomic mass is 35.5. The summed E-state index contributed by atoms with van der Waals surface area (Å²) in [7, 11) is 1.45. The Balaban J connectivity index is 2.13. The van der Waals surface area contributed by atoms with Crippen LogP contribution >= 0.6 is 23.2 Å². The van der Waals surface area contributed by atoms with Gasteiger partial charge in [0, 0.05) is 12.2 Å². The van der Waals surface area contributed by atoms with E-state index in [0.29, 0.717) is 24.3 Å². The second-order valence-corrected chi connectivity index (χ2v) is 5.30. The first-order valence-corrected chi connectivity index (χ1v) is 6.88. The molecule has 0 saturated carbocycles. The van der Waals surface area contributed by atoms with Gasteiger partial charge in [-0.05, 0) is 18.6 Å². The van der Waals surface area contributed by atoms with Crippen LogP contribution in [-0.4, -0.2) is 43.5 Å². The second-order valence-electron chi connectivity index (χ2n) is 4.48. The zero-order valence-electron chi connectivity index (χ0n) is 10.9. The van der Waals surface area contributed by atoms with Crippen LogP contribution in [0.15, 0.2) is 12.1 Å². The number of carbonyl (C=O) groups is 1. The predicted octanol–water partition coefficient (Wildman–Crippen LogP) is 1.88. The number of methoxy groups -OCH3 is 1. The first kappa shape index (κ1) is 15.4. The summed E-state index contributed by atoms with van der Waals surface area (Å²) in [5, 5.41) is 13.0. The van der Waals surface area contributed by atoms with E-state index in [0.717, 1.165) is 0 Å². The molecule has 1 aliphatic heterocycles. The van der Waals surface area contributed by atoms with Crippen molar-refractivity contribution in [2.75, 3.05) is 20.3 Å². The van der Waals surface area contributed by atoms with E-state index >= 15 is 0 Å². The molecule has 5 nitrogen and oxygen atoms in total. The highest BCUT2D eigenvalue weighted by Crippen LogP contribution is 2.33. The van der Waals surface area contributed by atoms with E-state index in [1.165, 1.54) is 19.2 Å². The molecule has 0 radical (unpaired) electrons. The van der Waals surface area contributed by atoms with Crippen LogP contribution in [-0.2, 0) is 4.74 Å². The van der Waals surface area contributed by atoms with Crippen molar-refractivity contribution in [3.8, 4) is 5.75 Å². The number of amides is 1. The van der Waals surface area contributed by atoms with Crippen molar-refractivity contribution < 1.29 is 19.4 Å². The van der Waals surface area contributed by atoms with Crippen molar-refractivity contribution in [3.63, 3.8) is 0 Å². The minimum Gasteiger partial charge on any atom is -0.494 e. The summed E-state index contributed by atoms with van der Waals surface area (Å²) >= 11 is 12.0. The van der Waals surface area contributed by atoms with Gasteiger partial charge in [0.25, 0.3) is 5.91 Å². The molecule has 7 heteroatoms. The molecule has 1 aliphatic rings. The third kappa shape index (κ3) is 3.35. The summed E-state index contributed by atoms with van der Waals surface area (Å²) in [6.07, 6.45) is -0.151. The van der Waals surface area contributed by atoms with Gasteiger partial charge >= 0.3 is 0 Å². The number of halogens is 2. The van der Waals surface area contributed by atoms with Crippen LogP contribution in [0.4, 0.5) is 0 Å². The monoisotopic (exact) mass is 319 g/mol. The summed E-state index contributed by atoms with van der Waals surface area (Å²) in [5.41, 5.74) is 0.319. The maximum Gasteiger partial charge on any atom is 0.251 e. The number of rotatable bonds is 3. The van der Waals surface area contributed by atoms with E-state index in [2.05, 4.69) is 5.32 Å². The van der Waals surface area contributed by atoms with Crippen molar-refractivity contribution in [2.45, 2.75) is 18.6 Å². The average molecular weight is 320 g/mol. The van der Waals surface area contributed by atoms with Crippen LogP contribution in [0.25, 0.3) is 0 Å². The van der Waals surface area contributed by atoms with E-state index in [-0.39, 0.29) is 28.6 Å². The number of nitrogens with one attached hydrogen (secondary N) is 1. The van der Waals surface area contributed by atoms with Crippen molar-refractivity contribution in [1.29, 1.82) is 0 Å². The third-order valence-corrected chi connectivity index (χ3v) is 3.67. The first-order valence-electron chi connectivity index (χ1n) is 6.12. The van der Waals surface area contributed by atoms with E-state index < -0.39 is 6.10 Å². The standard InChI is InChI=1S/C13H15Cl2NO4/c1-19-12-8(14)4-7(5-9(12)15)13(18)16-10-2-3-20-6-11(10)17/h4-5,10-11,17H,2-3,6H2,1H3,(H,16,18)/t10-,11-/m1/s1. The lowest BCUT2D eigenvalue weighted by molar-refractivity contribution is -0.0260. The maximum atomic E-state index is 12.1. The Hall–Kier alpha value is -1.01. The van der Waals surface area contributed by atoms with Gasteiger partial charge in [-0.25, -0.2) is 0 Å². The van der Waals surface area contributed by atoms with Crippen LogP contribution in [0, 0.1) is 0 Å². The maximum absolute atomic E-state index is 12.1. The fourth-order valence-corrected chi connectivity index (χ4v) is 2.67. The Morgan fingerprint density at radius 3 is 2.65 bits per heavy atom. The Bertz CT molecular complexity index is 486. The van der Waals surface area contributed by atoms with E-state index in [1.54, 1.807) is 0 Å². The number of benzene rings is 1. The third-order valence-electron chi connectivity index (χ3n) is 3.11. The number of hydrogen-bond acceptors (Lipinski definition) is 4. The lowest BCUT2D eigenvalue weighted by Gasteiger charge is -2.28. The van der Waals surface area contributed by atoms with Gasteiger partial charge in [0.1, 0.15) is 0 Å². The largest absolute Gasteiger partial charge is 0.494 e. The Kier molecular flexibility index (Phi) is 5.10. The van der Waals surface area contributed by atoms with E-state index in [4.69, 9.17) is 32.7 Å². The molecular formula is C13H15Cl2NO4.